The monoisotopic (exact) mass is 297 g/mol. The Morgan fingerprint density at radius 1 is 1.32 bits per heavy atom. The van der Waals surface area contributed by atoms with Crippen molar-refractivity contribution in [3.63, 3.8) is 0 Å². The number of hydrogen-bond acceptors (Lipinski definition) is 2. The Kier molecular flexibility index (Phi) is 6.06. The highest BCUT2D eigenvalue weighted by molar-refractivity contribution is 8.00. The summed E-state index contributed by atoms with van der Waals surface area (Å²) >= 11 is 8.18. The Balaban J connectivity index is 1.99. The molecule has 0 heterocycles. The van der Waals surface area contributed by atoms with Crippen molar-refractivity contribution >= 4 is 23.4 Å². The van der Waals surface area contributed by atoms with E-state index in [0.29, 0.717) is 5.92 Å². The fourth-order valence-electron chi connectivity index (χ4n) is 2.48. The van der Waals surface area contributed by atoms with Crippen LogP contribution in [0.25, 0.3) is 0 Å². The van der Waals surface area contributed by atoms with Crippen molar-refractivity contribution in [3.8, 4) is 0 Å². The first-order valence-electron chi connectivity index (χ1n) is 7.31. The van der Waals surface area contributed by atoms with Crippen molar-refractivity contribution in [1.82, 2.24) is 5.32 Å². The molecular formula is C16H24ClNS. The smallest absolute Gasteiger partial charge is 0.0410 e. The van der Waals surface area contributed by atoms with Crippen molar-refractivity contribution in [2.45, 2.75) is 56.2 Å². The van der Waals surface area contributed by atoms with Gasteiger partial charge in [0.1, 0.15) is 0 Å². The summed E-state index contributed by atoms with van der Waals surface area (Å²) < 4.78 is 0. The molecule has 0 atom stereocenters. The van der Waals surface area contributed by atoms with Crippen LogP contribution in [0.5, 0.6) is 0 Å². The summed E-state index contributed by atoms with van der Waals surface area (Å²) in [5, 5.41) is 5.18. The standard InChI is InChI=1S/C16H24ClNS/c1-12(2)10-18-11-13-9-14(17)7-8-16(13)19-15-5-3-4-6-15/h7-9,12,15,18H,3-6,10-11H2,1-2H3. The third kappa shape index (κ3) is 5.02. The Hall–Kier alpha value is -0.180. The van der Waals surface area contributed by atoms with Crippen molar-refractivity contribution in [2.24, 2.45) is 5.92 Å². The Morgan fingerprint density at radius 2 is 2.05 bits per heavy atom. The maximum absolute atomic E-state index is 6.14. The molecule has 1 aliphatic carbocycles. The highest BCUT2D eigenvalue weighted by Gasteiger charge is 2.17. The molecule has 3 heteroatoms. The second-order valence-electron chi connectivity index (χ2n) is 5.80. The fraction of sp³-hybridized carbons (Fsp3) is 0.625. The van der Waals surface area contributed by atoms with Crippen LogP contribution in [0.1, 0.15) is 45.1 Å². The fourth-order valence-corrected chi connectivity index (χ4v) is 4.03. The Morgan fingerprint density at radius 3 is 2.74 bits per heavy atom. The lowest BCUT2D eigenvalue weighted by atomic mass is 10.2. The van der Waals surface area contributed by atoms with Crippen LogP contribution in [0.3, 0.4) is 0 Å². The summed E-state index contributed by atoms with van der Waals surface area (Å²) in [4.78, 5) is 1.41. The molecule has 1 saturated carbocycles. The maximum Gasteiger partial charge on any atom is 0.0410 e. The zero-order valence-corrected chi connectivity index (χ0v) is 13.5. The van der Waals surface area contributed by atoms with E-state index in [1.807, 2.05) is 17.8 Å². The number of benzene rings is 1. The maximum atomic E-state index is 6.14. The van der Waals surface area contributed by atoms with Crippen LogP contribution in [-0.2, 0) is 6.54 Å². The predicted octanol–water partition coefficient (Wildman–Crippen LogP) is 5.12. The minimum Gasteiger partial charge on any atom is -0.312 e. The van der Waals surface area contributed by atoms with Crippen LogP contribution in [0, 0.1) is 5.92 Å². The Bertz CT molecular complexity index is 400. The van der Waals surface area contributed by atoms with Gasteiger partial charge in [0.25, 0.3) is 0 Å². The van der Waals surface area contributed by atoms with Crippen molar-refractivity contribution < 1.29 is 0 Å². The van der Waals surface area contributed by atoms with Crippen molar-refractivity contribution in [3.05, 3.63) is 28.8 Å². The topological polar surface area (TPSA) is 12.0 Å². The number of nitrogens with one attached hydrogen (secondary N) is 1. The molecule has 0 aliphatic heterocycles. The molecule has 0 spiro atoms. The third-order valence-corrected chi connectivity index (χ3v) is 5.18. The van der Waals surface area contributed by atoms with E-state index in [1.54, 1.807) is 0 Å². The van der Waals surface area contributed by atoms with Gasteiger partial charge in [0.05, 0.1) is 0 Å². The first kappa shape index (κ1) is 15.2. The van der Waals surface area contributed by atoms with Crippen LogP contribution in [0.4, 0.5) is 0 Å². The van der Waals surface area contributed by atoms with E-state index < -0.39 is 0 Å². The summed E-state index contributed by atoms with van der Waals surface area (Å²) in [6, 6.07) is 6.33. The predicted molar refractivity (Wildman–Crippen MR) is 86.1 cm³/mol. The van der Waals surface area contributed by atoms with Gasteiger partial charge >= 0.3 is 0 Å². The van der Waals surface area contributed by atoms with Gasteiger partial charge in [0.15, 0.2) is 0 Å². The molecule has 0 radical (unpaired) electrons. The van der Waals surface area contributed by atoms with Gasteiger partial charge in [-0.3, -0.25) is 0 Å². The molecule has 1 fully saturated rings. The lowest BCUT2D eigenvalue weighted by molar-refractivity contribution is 0.550. The minimum atomic E-state index is 0.685. The molecule has 1 N–H and O–H groups in total. The molecule has 0 amide bonds. The summed E-state index contributed by atoms with van der Waals surface area (Å²) in [7, 11) is 0. The zero-order chi connectivity index (χ0) is 13.7. The van der Waals surface area contributed by atoms with Gasteiger partial charge in [0.2, 0.25) is 0 Å². The van der Waals surface area contributed by atoms with Crippen LogP contribution >= 0.6 is 23.4 Å². The van der Waals surface area contributed by atoms with E-state index in [0.717, 1.165) is 23.4 Å². The molecule has 0 unspecified atom stereocenters. The quantitative estimate of drug-likeness (QED) is 0.782. The normalized spacial score (nSPS) is 16.4. The summed E-state index contributed by atoms with van der Waals surface area (Å²) in [5.41, 5.74) is 1.35. The van der Waals surface area contributed by atoms with Gasteiger partial charge in [-0.15, -0.1) is 11.8 Å². The molecule has 2 rings (SSSR count). The molecule has 1 aliphatic rings. The van der Waals surface area contributed by atoms with E-state index >= 15 is 0 Å². The molecular weight excluding hydrogens is 274 g/mol. The van der Waals surface area contributed by atoms with Crippen LogP contribution in [0.15, 0.2) is 23.1 Å². The van der Waals surface area contributed by atoms with Crippen LogP contribution < -0.4 is 5.32 Å². The molecule has 0 aromatic heterocycles. The number of thioether (sulfide) groups is 1. The first-order chi connectivity index (χ1) is 9.15. The SMILES string of the molecule is CC(C)CNCc1cc(Cl)ccc1SC1CCCC1. The van der Waals surface area contributed by atoms with Gasteiger partial charge < -0.3 is 5.32 Å². The van der Waals surface area contributed by atoms with E-state index in [2.05, 4.69) is 31.3 Å². The number of halogens is 1. The zero-order valence-electron chi connectivity index (χ0n) is 11.9. The summed E-state index contributed by atoms with van der Waals surface area (Å²) in [6.07, 6.45) is 5.52. The van der Waals surface area contributed by atoms with Gasteiger partial charge in [-0.05, 0) is 49.1 Å². The van der Waals surface area contributed by atoms with Gasteiger partial charge in [-0.1, -0.05) is 38.3 Å². The highest BCUT2D eigenvalue weighted by Crippen LogP contribution is 2.37. The van der Waals surface area contributed by atoms with Gasteiger partial charge in [0, 0.05) is 21.7 Å². The third-order valence-electron chi connectivity index (χ3n) is 3.49. The molecule has 0 saturated heterocycles. The van der Waals surface area contributed by atoms with Crippen molar-refractivity contribution in [1.29, 1.82) is 0 Å². The largest absolute Gasteiger partial charge is 0.312 e. The van der Waals surface area contributed by atoms with Crippen LogP contribution in [0.2, 0.25) is 5.02 Å². The van der Waals surface area contributed by atoms with E-state index in [-0.39, 0.29) is 0 Å². The summed E-state index contributed by atoms with van der Waals surface area (Å²) in [5.74, 6) is 0.685. The van der Waals surface area contributed by atoms with Gasteiger partial charge in [-0.25, -0.2) is 0 Å². The molecule has 1 aromatic carbocycles. The van der Waals surface area contributed by atoms with Gasteiger partial charge in [-0.2, -0.15) is 0 Å². The van der Waals surface area contributed by atoms with Crippen molar-refractivity contribution in [2.75, 3.05) is 6.54 Å². The molecule has 1 aromatic rings. The molecule has 106 valence electrons. The van der Waals surface area contributed by atoms with E-state index in [4.69, 9.17) is 11.6 Å². The average Bonchev–Trinajstić information content (AvgIpc) is 2.85. The average molecular weight is 298 g/mol. The Labute approximate surface area is 126 Å². The van der Waals surface area contributed by atoms with E-state index in [9.17, 15) is 0 Å². The lowest BCUT2D eigenvalue weighted by Crippen LogP contribution is -2.19. The second kappa shape index (κ2) is 7.56. The molecule has 1 nitrogen and oxygen atoms in total. The van der Waals surface area contributed by atoms with E-state index in [1.165, 1.54) is 36.1 Å². The first-order valence-corrected chi connectivity index (χ1v) is 8.56. The minimum absolute atomic E-state index is 0.685. The highest BCUT2D eigenvalue weighted by atomic mass is 35.5. The van der Waals surface area contributed by atoms with Crippen LogP contribution in [-0.4, -0.2) is 11.8 Å². The number of rotatable bonds is 6. The second-order valence-corrected chi connectivity index (χ2v) is 7.58. The molecule has 0 bridgehead atoms. The number of hydrogen-bond donors (Lipinski definition) is 1. The molecule has 19 heavy (non-hydrogen) atoms. The lowest BCUT2D eigenvalue weighted by Gasteiger charge is -2.15. The summed E-state index contributed by atoms with van der Waals surface area (Å²) in [6.45, 7) is 6.45.